The first kappa shape index (κ1) is 22.7. The molecule has 0 radical (unpaired) electrons. The Balaban J connectivity index is 2.11. The minimum absolute atomic E-state index is 0.0278. The lowest BCUT2D eigenvalue weighted by atomic mass is 9.95. The number of ether oxygens (including phenoxy) is 1. The van der Waals surface area contributed by atoms with E-state index in [0.717, 1.165) is 24.1 Å². The predicted octanol–water partition coefficient (Wildman–Crippen LogP) is 4.95. The summed E-state index contributed by atoms with van der Waals surface area (Å²) in [7, 11) is 3.91. The van der Waals surface area contributed by atoms with E-state index in [1.165, 1.54) is 0 Å². The minimum atomic E-state index is -0.688. The van der Waals surface area contributed by atoms with E-state index in [9.17, 15) is 4.79 Å². The van der Waals surface area contributed by atoms with Crippen LogP contribution in [-0.4, -0.2) is 43.0 Å². The summed E-state index contributed by atoms with van der Waals surface area (Å²) in [6, 6.07) is 14.1. The zero-order valence-corrected chi connectivity index (χ0v) is 18.5. The normalized spacial score (nSPS) is 11.0. The molecule has 7 heteroatoms. The van der Waals surface area contributed by atoms with E-state index >= 15 is 4.39 Å². The first-order chi connectivity index (χ1) is 14.8. The summed E-state index contributed by atoms with van der Waals surface area (Å²) in [6.07, 6.45) is 0.719. The molecule has 0 saturated heterocycles. The van der Waals surface area contributed by atoms with Gasteiger partial charge >= 0.3 is 0 Å². The fourth-order valence-electron chi connectivity index (χ4n) is 3.30. The highest BCUT2D eigenvalue weighted by Gasteiger charge is 2.21. The molecule has 31 heavy (non-hydrogen) atoms. The summed E-state index contributed by atoms with van der Waals surface area (Å²) in [5.41, 5.74) is 8.53. The fraction of sp³-hybridized carbons (Fsp3) is 0.250. The van der Waals surface area contributed by atoms with Gasteiger partial charge in [-0.3, -0.25) is 4.79 Å². The smallest absolute Gasteiger partial charge is 0.267 e. The number of nitrogens with zero attached hydrogens (tertiary/aromatic N) is 2. The molecule has 2 aromatic carbocycles. The Bertz CT molecular complexity index is 1100. The van der Waals surface area contributed by atoms with E-state index in [1.807, 2.05) is 50.2 Å². The van der Waals surface area contributed by atoms with Crippen molar-refractivity contribution in [2.75, 3.05) is 27.2 Å². The molecule has 0 saturated carbocycles. The molecular weight excluding hydrogens is 417 g/mol. The van der Waals surface area contributed by atoms with Gasteiger partial charge in [-0.1, -0.05) is 35.9 Å². The summed E-state index contributed by atoms with van der Waals surface area (Å²) in [4.78, 5) is 18.2. The van der Waals surface area contributed by atoms with Crippen molar-refractivity contribution in [2.24, 2.45) is 5.73 Å². The molecule has 5 nitrogen and oxygen atoms in total. The van der Waals surface area contributed by atoms with E-state index in [4.69, 9.17) is 22.1 Å². The second-order valence-corrected chi connectivity index (χ2v) is 7.92. The molecule has 0 bridgehead atoms. The Morgan fingerprint density at radius 2 is 1.81 bits per heavy atom. The van der Waals surface area contributed by atoms with Gasteiger partial charge in [-0.25, -0.2) is 9.37 Å². The number of hydrogen-bond acceptors (Lipinski definition) is 4. The maximum Gasteiger partial charge on any atom is 0.267 e. The third-order valence-corrected chi connectivity index (χ3v) is 5.18. The van der Waals surface area contributed by atoms with Crippen LogP contribution in [-0.2, 0) is 0 Å². The number of aromatic nitrogens is 1. The number of benzene rings is 2. The van der Waals surface area contributed by atoms with Crippen LogP contribution in [0.2, 0.25) is 5.02 Å². The van der Waals surface area contributed by atoms with Crippen LogP contribution in [0.4, 0.5) is 4.39 Å². The molecule has 2 N–H and O–H groups in total. The van der Waals surface area contributed by atoms with Crippen molar-refractivity contribution >= 4 is 17.5 Å². The van der Waals surface area contributed by atoms with Crippen molar-refractivity contribution < 1.29 is 13.9 Å². The third kappa shape index (κ3) is 5.21. The highest BCUT2D eigenvalue weighted by molar-refractivity contribution is 6.32. The van der Waals surface area contributed by atoms with Crippen LogP contribution >= 0.6 is 11.6 Å². The lowest BCUT2D eigenvalue weighted by Crippen LogP contribution is -2.16. The molecule has 3 rings (SSSR count). The van der Waals surface area contributed by atoms with Crippen molar-refractivity contribution in [3.05, 3.63) is 70.6 Å². The van der Waals surface area contributed by atoms with Crippen LogP contribution < -0.4 is 10.5 Å². The van der Waals surface area contributed by atoms with Gasteiger partial charge in [0.05, 0.1) is 17.3 Å². The van der Waals surface area contributed by atoms with Crippen LogP contribution in [0.1, 0.15) is 22.5 Å². The summed E-state index contributed by atoms with van der Waals surface area (Å²) < 4.78 is 21.2. The number of aryl methyl sites for hydroxylation is 1. The Hall–Kier alpha value is -2.96. The summed E-state index contributed by atoms with van der Waals surface area (Å²) in [5.74, 6) is -1.34. The van der Waals surface area contributed by atoms with E-state index in [2.05, 4.69) is 4.98 Å². The number of rotatable bonds is 8. The van der Waals surface area contributed by atoms with Gasteiger partial charge in [0.25, 0.3) is 5.91 Å². The number of carbonyl (C=O) groups is 1. The third-order valence-electron chi connectivity index (χ3n) is 4.88. The molecule has 0 unspecified atom stereocenters. The van der Waals surface area contributed by atoms with Crippen LogP contribution in [0, 0.1) is 12.7 Å². The minimum Gasteiger partial charge on any atom is -0.489 e. The van der Waals surface area contributed by atoms with Gasteiger partial charge in [0.15, 0.2) is 11.6 Å². The van der Waals surface area contributed by atoms with Gasteiger partial charge in [-0.15, -0.1) is 0 Å². The molecule has 1 aromatic heterocycles. The number of primary amides is 1. The van der Waals surface area contributed by atoms with Gasteiger partial charge < -0.3 is 15.4 Å². The molecule has 162 valence electrons. The van der Waals surface area contributed by atoms with Gasteiger partial charge in [-0.05, 0) is 62.8 Å². The second kappa shape index (κ2) is 9.90. The second-order valence-electron chi connectivity index (χ2n) is 7.52. The maximum absolute atomic E-state index is 15.6. The number of halogens is 2. The number of pyridine rings is 1. The highest BCUT2D eigenvalue weighted by Crippen LogP contribution is 2.39. The highest BCUT2D eigenvalue weighted by atomic mass is 35.5. The zero-order valence-electron chi connectivity index (χ0n) is 17.8. The summed E-state index contributed by atoms with van der Waals surface area (Å²) in [5, 5.41) is 0.176. The SMILES string of the molecule is Cc1ccccc1-c1ccc(C(N)=O)nc1-c1ccc(Cl)c(OCCCN(C)C)c1F. The maximum atomic E-state index is 15.6. The molecule has 3 aromatic rings. The predicted molar refractivity (Wildman–Crippen MR) is 122 cm³/mol. The van der Waals surface area contributed by atoms with Crippen molar-refractivity contribution in [3.63, 3.8) is 0 Å². The number of carbonyl (C=O) groups excluding carboxylic acids is 1. The van der Waals surface area contributed by atoms with Gasteiger partial charge in [0.2, 0.25) is 0 Å². The molecule has 0 aliphatic carbocycles. The first-order valence-electron chi connectivity index (χ1n) is 9.92. The van der Waals surface area contributed by atoms with E-state index < -0.39 is 11.7 Å². The van der Waals surface area contributed by atoms with Crippen molar-refractivity contribution in [1.29, 1.82) is 0 Å². The molecule has 0 atom stereocenters. The molecule has 0 spiro atoms. The van der Waals surface area contributed by atoms with Crippen LogP contribution in [0.15, 0.2) is 48.5 Å². The fourth-order valence-corrected chi connectivity index (χ4v) is 3.50. The number of nitrogens with two attached hydrogens (primary N) is 1. The van der Waals surface area contributed by atoms with Gasteiger partial charge in [0, 0.05) is 17.7 Å². The van der Waals surface area contributed by atoms with E-state index in [0.29, 0.717) is 17.9 Å². The molecule has 1 amide bonds. The Morgan fingerprint density at radius 3 is 2.48 bits per heavy atom. The van der Waals surface area contributed by atoms with E-state index in [1.54, 1.807) is 24.3 Å². The number of amides is 1. The molecule has 0 aliphatic heterocycles. The summed E-state index contributed by atoms with van der Waals surface area (Å²) in [6.45, 7) is 3.08. The lowest BCUT2D eigenvalue weighted by Gasteiger charge is -2.16. The van der Waals surface area contributed by atoms with Crippen LogP contribution in [0.25, 0.3) is 22.4 Å². The average Bonchev–Trinajstić information content (AvgIpc) is 2.73. The largest absolute Gasteiger partial charge is 0.489 e. The van der Waals surface area contributed by atoms with Crippen molar-refractivity contribution in [1.82, 2.24) is 9.88 Å². The average molecular weight is 442 g/mol. The standard InChI is InChI=1S/C24H25ClFN3O2/c1-15-7-4-5-8-16(15)17-10-12-20(24(27)30)28-22(17)18-9-11-19(25)23(21(18)26)31-14-6-13-29(2)3/h4-5,7-12H,6,13-14H2,1-3H3,(H2,27,30). The number of hydrogen-bond donors (Lipinski definition) is 1. The van der Waals surface area contributed by atoms with Crippen LogP contribution in [0.3, 0.4) is 0 Å². The summed E-state index contributed by atoms with van der Waals surface area (Å²) >= 11 is 6.22. The topological polar surface area (TPSA) is 68.5 Å². The van der Waals surface area contributed by atoms with Gasteiger partial charge in [0.1, 0.15) is 5.69 Å². The Labute approximate surface area is 186 Å². The van der Waals surface area contributed by atoms with Crippen LogP contribution in [0.5, 0.6) is 5.75 Å². The van der Waals surface area contributed by atoms with Gasteiger partial charge in [-0.2, -0.15) is 0 Å². The zero-order chi connectivity index (χ0) is 22.5. The quantitative estimate of drug-likeness (QED) is 0.502. The van der Waals surface area contributed by atoms with Crippen molar-refractivity contribution in [3.8, 4) is 28.1 Å². The Kier molecular flexibility index (Phi) is 7.25. The molecule has 1 heterocycles. The molecule has 0 fully saturated rings. The lowest BCUT2D eigenvalue weighted by molar-refractivity contribution is 0.0995. The molecular formula is C24H25ClFN3O2. The van der Waals surface area contributed by atoms with Crippen molar-refractivity contribution in [2.45, 2.75) is 13.3 Å². The Morgan fingerprint density at radius 1 is 1.10 bits per heavy atom. The van der Waals surface area contributed by atoms with E-state index in [-0.39, 0.29) is 22.0 Å². The monoisotopic (exact) mass is 441 g/mol. The first-order valence-corrected chi connectivity index (χ1v) is 10.3. The molecule has 0 aliphatic rings.